The van der Waals surface area contributed by atoms with Crippen molar-refractivity contribution in [3.05, 3.63) is 23.4 Å². The van der Waals surface area contributed by atoms with Gasteiger partial charge in [0, 0.05) is 12.1 Å². The number of rotatable bonds is 0. The van der Waals surface area contributed by atoms with Crippen molar-refractivity contribution in [1.82, 2.24) is 0 Å². The third kappa shape index (κ3) is 1.19. The lowest BCUT2D eigenvalue weighted by molar-refractivity contribution is -0.114. The van der Waals surface area contributed by atoms with Crippen LogP contribution in [-0.4, -0.2) is 5.78 Å². The Bertz CT molecular complexity index is 201. The first kappa shape index (κ1) is 6.08. The Morgan fingerprint density at radius 3 is 2.67 bits per heavy atom. The average Bonchev–Trinajstić information content (AvgIpc) is 1.80. The topological polar surface area (TPSA) is 43.1 Å². The Labute approximate surface area is 54.0 Å². The van der Waals surface area contributed by atoms with Crippen molar-refractivity contribution in [1.29, 1.82) is 0 Å². The van der Waals surface area contributed by atoms with E-state index in [1.165, 1.54) is 6.08 Å². The first-order valence-electron chi connectivity index (χ1n) is 2.86. The van der Waals surface area contributed by atoms with Crippen LogP contribution in [0.2, 0.25) is 0 Å². The average molecular weight is 123 g/mol. The molecule has 0 aromatic heterocycles. The summed E-state index contributed by atoms with van der Waals surface area (Å²) in [5, 5.41) is 0. The standard InChI is InChI=1S/C7H9NO/c1-5-4-6(9)2-3-7(5)8/h2-3H,4,8H2,1H3. The van der Waals surface area contributed by atoms with Crippen molar-refractivity contribution < 1.29 is 4.79 Å². The third-order valence-electron chi connectivity index (χ3n) is 1.38. The van der Waals surface area contributed by atoms with Gasteiger partial charge in [-0.15, -0.1) is 0 Å². The molecule has 0 heterocycles. The van der Waals surface area contributed by atoms with Gasteiger partial charge in [-0.2, -0.15) is 0 Å². The number of carbonyl (C=O) groups excluding carboxylic acids is 1. The Balaban J connectivity index is 2.87. The molecule has 1 aliphatic rings. The highest BCUT2D eigenvalue weighted by molar-refractivity contribution is 5.93. The first-order chi connectivity index (χ1) is 4.20. The van der Waals surface area contributed by atoms with Crippen LogP contribution < -0.4 is 5.73 Å². The molecule has 2 nitrogen and oxygen atoms in total. The van der Waals surface area contributed by atoms with Crippen LogP contribution in [-0.2, 0) is 4.79 Å². The van der Waals surface area contributed by atoms with Gasteiger partial charge in [0.1, 0.15) is 0 Å². The van der Waals surface area contributed by atoms with E-state index in [1.807, 2.05) is 6.92 Å². The van der Waals surface area contributed by atoms with Gasteiger partial charge in [-0.1, -0.05) is 0 Å². The highest BCUT2D eigenvalue weighted by Crippen LogP contribution is 2.10. The molecule has 0 radical (unpaired) electrons. The van der Waals surface area contributed by atoms with Crippen molar-refractivity contribution in [2.24, 2.45) is 5.73 Å². The van der Waals surface area contributed by atoms with Gasteiger partial charge in [0.25, 0.3) is 0 Å². The second kappa shape index (κ2) is 2.05. The minimum atomic E-state index is 0.140. The van der Waals surface area contributed by atoms with Crippen molar-refractivity contribution >= 4 is 5.78 Å². The number of hydrogen-bond acceptors (Lipinski definition) is 2. The minimum absolute atomic E-state index is 0.140. The number of ketones is 1. The monoisotopic (exact) mass is 123 g/mol. The maximum atomic E-state index is 10.6. The molecule has 0 aromatic rings. The fourth-order valence-electron chi connectivity index (χ4n) is 0.747. The molecule has 0 bridgehead atoms. The normalized spacial score (nSPS) is 19.0. The molecule has 2 N–H and O–H groups in total. The molecule has 0 saturated heterocycles. The van der Waals surface area contributed by atoms with Gasteiger partial charge in [0.05, 0.1) is 0 Å². The summed E-state index contributed by atoms with van der Waals surface area (Å²) in [7, 11) is 0. The van der Waals surface area contributed by atoms with Crippen molar-refractivity contribution in [2.75, 3.05) is 0 Å². The van der Waals surface area contributed by atoms with E-state index >= 15 is 0 Å². The molecule has 0 fully saturated rings. The summed E-state index contributed by atoms with van der Waals surface area (Å²) >= 11 is 0. The Morgan fingerprint density at radius 1 is 1.56 bits per heavy atom. The fraction of sp³-hybridized carbons (Fsp3) is 0.286. The maximum Gasteiger partial charge on any atom is 0.159 e. The summed E-state index contributed by atoms with van der Waals surface area (Å²) in [6.45, 7) is 1.87. The van der Waals surface area contributed by atoms with E-state index in [2.05, 4.69) is 0 Å². The molecule has 0 unspecified atom stereocenters. The zero-order valence-corrected chi connectivity index (χ0v) is 5.35. The fourth-order valence-corrected chi connectivity index (χ4v) is 0.747. The van der Waals surface area contributed by atoms with Crippen LogP contribution in [0.25, 0.3) is 0 Å². The van der Waals surface area contributed by atoms with Gasteiger partial charge in [-0.25, -0.2) is 0 Å². The first-order valence-corrected chi connectivity index (χ1v) is 2.86. The number of hydrogen-bond donors (Lipinski definition) is 1. The third-order valence-corrected chi connectivity index (χ3v) is 1.38. The van der Waals surface area contributed by atoms with Crippen LogP contribution in [0.15, 0.2) is 23.4 Å². The van der Waals surface area contributed by atoms with Gasteiger partial charge in [0.15, 0.2) is 5.78 Å². The van der Waals surface area contributed by atoms with Gasteiger partial charge in [0.2, 0.25) is 0 Å². The summed E-state index contributed by atoms with van der Waals surface area (Å²) in [6.07, 6.45) is 3.66. The number of nitrogens with two attached hydrogens (primary N) is 1. The van der Waals surface area contributed by atoms with Gasteiger partial charge >= 0.3 is 0 Å². The molecular formula is C7H9NO. The lowest BCUT2D eigenvalue weighted by atomic mass is 10.0. The van der Waals surface area contributed by atoms with E-state index in [0.29, 0.717) is 6.42 Å². The molecule has 0 atom stereocenters. The minimum Gasteiger partial charge on any atom is -0.399 e. The van der Waals surface area contributed by atoms with Crippen molar-refractivity contribution in [3.63, 3.8) is 0 Å². The molecule has 9 heavy (non-hydrogen) atoms. The largest absolute Gasteiger partial charge is 0.399 e. The molecule has 0 aliphatic heterocycles. The van der Waals surface area contributed by atoms with Crippen LogP contribution >= 0.6 is 0 Å². The zero-order valence-electron chi connectivity index (χ0n) is 5.35. The van der Waals surface area contributed by atoms with E-state index in [-0.39, 0.29) is 5.78 Å². The molecule has 1 rings (SSSR count). The molecule has 1 aliphatic carbocycles. The predicted molar refractivity (Wildman–Crippen MR) is 35.7 cm³/mol. The maximum absolute atomic E-state index is 10.6. The highest BCUT2D eigenvalue weighted by atomic mass is 16.1. The van der Waals surface area contributed by atoms with Crippen LogP contribution in [0, 0.1) is 0 Å². The summed E-state index contributed by atoms with van der Waals surface area (Å²) in [4.78, 5) is 10.6. The molecule has 48 valence electrons. The lowest BCUT2D eigenvalue weighted by Gasteiger charge is -2.05. The smallest absolute Gasteiger partial charge is 0.159 e. The second-order valence-corrected chi connectivity index (χ2v) is 2.21. The van der Waals surface area contributed by atoms with Gasteiger partial charge in [-0.3, -0.25) is 4.79 Å². The Kier molecular flexibility index (Phi) is 1.39. The van der Waals surface area contributed by atoms with E-state index in [9.17, 15) is 4.79 Å². The van der Waals surface area contributed by atoms with E-state index < -0.39 is 0 Å². The van der Waals surface area contributed by atoms with E-state index in [4.69, 9.17) is 5.73 Å². The zero-order chi connectivity index (χ0) is 6.85. The van der Waals surface area contributed by atoms with Gasteiger partial charge < -0.3 is 5.73 Å². The lowest BCUT2D eigenvalue weighted by Crippen LogP contribution is -2.07. The number of carbonyl (C=O) groups is 1. The molecule has 0 aromatic carbocycles. The molecule has 0 saturated carbocycles. The van der Waals surface area contributed by atoms with E-state index in [0.717, 1.165) is 11.3 Å². The highest BCUT2D eigenvalue weighted by Gasteiger charge is 2.05. The number of allylic oxidation sites excluding steroid dienone is 3. The van der Waals surface area contributed by atoms with Gasteiger partial charge in [-0.05, 0) is 24.6 Å². The molecule has 0 spiro atoms. The second-order valence-electron chi connectivity index (χ2n) is 2.21. The predicted octanol–water partition coefficient (Wildman–Crippen LogP) is 0.748. The van der Waals surface area contributed by atoms with Crippen LogP contribution in [0.5, 0.6) is 0 Å². The van der Waals surface area contributed by atoms with Crippen molar-refractivity contribution in [3.8, 4) is 0 Å². The Hall–Kier alpha value is -1.05. The molecule has 0 amide bonds. The summed E-state index contributed by atoms with van der Waals surface area (Å²) in [5.41, 5.74) is 7.19. The SMILES string of the molecule is CC1=C(N)C=CC(=O)C1. The quantitative estimate of drug-likeness (QED) is 0.516. The summed E-state index contributed by atoms with van der Waals surface area (Å²) in [5.74, 6) is 0.140. The van der Waals surface area contributed by atoms with E-state index in [1.54, 1.807) is 6.08 Å². The van der Waals surface area contributed by atoms with Crippen LogP contribution in [0.1, 0.15) is 13.3 Å². The summed E-state index contributed by atoms with van der Waals surface area (Å²) < 4.78 is 0. The van der Waals surface area contributed by atoms with Crippen LogP contribution in [0.3, 0.4) is 0 Å². The summed E-state index contributed by atoms with van der Waals surface area (Å²) in [6, 6.07) is 0. The van der Waals surface area contributed by atoms with Crippen molar-refractivity contribution in [2.45, 2.75) is 13.3 Å². The molecule has 2 heteroatoms. The van der Waals surface area contributed by atoms with Crippen LogP contribution in [0.4, 0.5) is 0 Å². The Morgan fingerprint density at radius 2 is 2.22 bits per heavy atom. The molecular weight excluding hydrogens is 114 g/mol.